The van der Waals surface area contributed by atoms with E-state index in [4.69, 9.17) is 4.74 Å². The van der Waals surface area contributed by atoms with E-state index in [2.05, 4.69) is 5.32 Å². The van der Waals surface area contributed by atoms with Crippen LogP contribution in [0, 0.1) is 5.92 Å². The van der Waals surface area contributed by atoms with E-state index in [1.807, 2.05) is 17.0 Å². The molecule has 0 unspecified atom stereocenters. The Balaban J connectivity index is 1.91. The van der Waals surface area contributed by atoms with E-state index in [0.29, 0.717) is 25.6 Å². The molecule has 0 spiro atoms. The molecule has 20 heavy (non-hydrogen) atoms. The van der Waals surface area contributed by atoms with Crippen LogP contribution in [0.1, 0.15) is 18.4 Å². The zero-order chi connectivity index (χ0) is 14.4. The fraction of sp³-hybridized carbons (Fsp3) is 0.533. The van der Waals surface area contributed by atoms with Gasteiger partial charge in [0.1, 0.15) is 5.75 Å². The smallest absolute Gasteiger partial charge is 0.317 e. The number of hydrogen-bond acceptors (Lipinski definition) is 3. The Labute approximate surface area is 119 Å². The maximum atomic E-state index is 12.2. The summed E-state index contributed by atoms with van der Waals surface area (Å²) in [6.07, 6.45) is 2.41. The lowest BCUT2D eigenvalue weighted by Gasteiger charge is -2.23. The normalized spacial score (nSPS) is 14.1. The molecule has 0 atom stereocenters. The standard InChI is InChI=1S/C15H22N2O3/c1-20-9-8-16-15(19)17(10-12-2-3-12)11-13-4-6-14(18)7-5-13/h4-7,12,18H,2-3,8-11H2,1H3,(H,16,19). The number of phenols is 1. The Bertz CT molecular complexity index is 429. The first-order valence-electron chi connectivity index (χ1n) is 6.98. The molecule has 1 saturated carbocycles. The Morgan fingerprint density at radius 3 is 2.70 bits per heavy atom. The second kappa shape index (κ2) is 7.14. The Kier molecular flexibility index (Phi) is 5.24. The Morgan fingerprint density at radius 1 is 1.40 bits per heavy atom. The van der Waals surface area contributed by atoms with Crippen molar-refractivity contribution in [2.24, 2.45) is 5.92 Å². The van der Waals surface area contributed by atoms with Crippen molar-refractivity contribution >= 4 is 6.03 Å². The van der Waals surface area contributed by atoms with Gasteiger partial charge in [-0.25, -0.2) is 4.79 Å². The molecular formula is C15H22N2O3. The van der Waals surface area contributed by atoms with Gasteiger partial charge in [-0.2, -0.15) is 0 Å². The number of methoxy groups -OCH3 is 1. The number of phenolic OH excluding ortho intramolecular Hbond substituents is 1. The summed E-state index contributed by atoms with van der Waals surface area (Å²) in [5, 5.41) is 12.2. The molecule has 1 aromatic rings. The fourth-order valence-electron chi connectivity index (χ4n) is 2.02. The molecule has 0 heterocycles. The monoisotopic (exact) mass is 278 g/mol. The van der Waals surface area contributed by atoms with Gasteiger partial charge in [0.25, 0.3) is 0 Å². The van der Waals surface area contributed by atoms with Gasteiger partial charge in [0.05, 0.1) is 6.61 Å². The summed E-state index contributed by atoms with van der Waals surface area (Å²) < 4.78 is 4.94. The molecule has 5 nitrogen and oxygen atoms in total. The Morgan fingerprint density at radius 2 is 2.10 bits per heavy atom. The van der Waals surface area contributed by atoms with Crippen molar-refractivity contribution in [2.45, 2.75) is 19.4 Å². The number of aromatic hydroxyl groups is 1. The number of nitrogens with zero attached hydrogens (tertiary/aromatic N) is 1. The maximum absolute atomic E-state index is 12.2. The van der Waals surface area contributed by atoms with E-state index in [-0.39, 0.29) is 11.8 Å². The Hall–Kier alpha value is -1.75. The second-order valence-electron chi connectivity index (χ2n) is 5.22. The summed E-state index contributed by atoms with van der Waals surface area (Å²) in [5.74, 6) is 0.882. The van der Waals surface area contributed by atoms with E-state index in [1.165, 1.54) is 12.8 Å². The van der Waals surface area contributed by atoms with Crippen molar-refractivity contribution in [2.75, 3.05) is 26.8 Å². The average Bonchev–Trinajstić information content (AvgIpc) is 3.24. The molecule has 0 saturated heterocycles. The third kappa shape index (κ3) is 4.74. The number of hydrogen-bond donors (Lipinski definition) is 2. The molecule has 0 bridgehead atoms. The van der Waals surface area contributed by atoms with Gasteiger partial charge in [-0.05, 0) is 36.5 Å². The van der Waals surface area contributed by atoms with Gasteiger partial charge in [-0.1, -0.05) is 12.1 Å². The van der Waals surface area contributed by atoms with Gasteiger partial charge >= 0.3 is 6.03 Å². The zero-order valence-electron chi connectivity index (χ0n) is 11.8. The lowest BCUT2D eigenvalue weighted by molar-refractivity contribution is 0.176. The molecule has 1 aliphatic rings. The predicted octanol–water partition coefficient (Wildman–Crippen LogP) is 1.96. The summed E-state index contributed by atoms with van der Waals surface area (Å²) in [5.41, 5.74) is 1.02. The van der Waals surface area contributed by atoms with Crippen molar-refractivity contribution in [1.29, 1.82) is 0 Å². The molecule has 2 N–H and O–H groups in total. The number of carbonyl (C=O) groups is 1. The predicted molar refractivity (Wildman–Crippen MR) is 76.5 cm³/mol. The lowest BCUT2D eigenvalue weighted by atomic mass is 10.2. The minimum absolute atomic E-state index is 0.0537. The lowest BCUT2D eigenvalue weighted by Crippen LogP contribution is -2.41. The minimum Gasteiger partial charge on any atom is -0.508 e. The van der Waals surface area contributed by atoms with Crippen molar-refractivity contribution < 1.29 is 14.6 Å². The van der Waals surface area contributed by atoms with Crippen LogP contribution in [-0.4, -0.2) is 42.8 Å². The van der Waals surface area contributed by atoms with Gasteiger partial charge in [-0.15, -0.1) is 0 Å². The molecule has 110 valence electrons. The number of carbonyl (C=O) groups excluding carboxylic acids is 1. The number of rotatable bonds is 7. The first kappa shape index (κ1) is 14.7. The molecule has 2 rings (SSSR count). The molecule has 0 radical (unpaired) electrons. The largest absolute Gasteiger partial charge is 0.508 e. The number of amides is 2. The molecule has 1 aliphatic carbocycles. The van der Waals surface area contributed by atoms with E-state index < -0.39 is 0 Å². The highest BCUT2D eigenvalue weighted by molar-refractivity contribution is 5.74. The van der Waals surface area contributed by atoms with Gasteiger partial charge in [0.2, 0.25) is 0 Å². The van der Waals surface area contributed by atoms with Crippen LogP contribution in [0.3, 0.4) is 0 Å². The quantitative estimate of drug-likeness (QED) is 0.749. The van der Waals surface area contributed by atoms with Crippen molar-refractivity contribution in [3.8, 4) is 5.75 Å². The van der Waals surface area contributed by atoms with Crippen LogP contribution in [0.25, 0.3) is 0 Å². The second-order valence-corrected chi connectivity index (χ2v) is 5.22. The van der Waals surface area contributed by atoms with Gasteiger partial charge in [0.15, 0.2) is 0 Å². The van der Waals surface area contributed by atoms with Crippen LogP contribution < -0.4 is 5.32 Å². The van der Waals surface area contributed by atoms with Crippen LogP contribution in [0.15, 0.2) is 24.3 Å². The molecule has 1 fully saturated rings. The number of urea groups is 1. The van der Waals surface area contributed by atoms with E-state index >= 15 is 0 Å². The van der Waals surface area contributed by atoms with Crippen LogP contribution in [0.2, 0.25) is 0 Å². The third-order valence-corrected chi connectivity index (χ3v) is 3.35. The molecule has 0 aromatic heterocycles. The van der Waals surface area contributed by atoms with Crippen LogP contribution in [-0.2, 0) is 11.3 Å². The summed E-state index contributed by atoms with van der Waals surface area (Å²) >= 11 is 0. The van der Waals surface area contributed by atoms with Gasteiger partial charge < -0.3 is 20.1 Å². The summed E-state index contributed by atoms with van der Waals surface area (Å²) in [4.78, 5) is 14.0. The van der Waals surface area contributed by atoms with E-state index in [9.17, 15) is 9.90 Å². The van der Waals surface area contributed by atoms with Crippen LogP contribution in [0.4, 0.5) is 4.79 Å². The first-order chi connectivity index (χ1) is 9.69. The van der Waals surface area contributed by atoms with Crippen molar-refractivity contribution in [3.63, 3.8) is 0 Å². The SMILES string of the molecule is COCCNC(=O)N(Cc1ccc(O)cc1)CC1CC1. The highest BCUT2D eigenvalue weighted by Gasteiger charge is 2.26. The van der Waals surface area contributed by atoms with Crippen molar-refractivity contribution in [3.05, 3.63) is 29.8 Å². The highest BCUT2D eigenvalue weighted by Crippen LogP contribution is 2.30. The van der Waals surface area contributed by atoms with E-state index in [0.717, 1.165) is 12.1 Å². The summed E-state index contributed by atoms with van der Waals surface area (Å²) in [6.45, 7) is 2.39. The molecular weight excluding hydrogens is 256 g/mol. The van der Waals surface area contributed by atoms with Crippen LogP contribution in [0.5, 0.6) is 5.75 Å². The third-order valence-electron chi connectivity index (χ3n) is 3.35. The van der Waals surface area contributed by atoms with Crippen LogP contribution >= 0.6 is 0 Å². The number of benzene rings is 1. The van der Waals surface area contributed by atoms with Crippen molar-refractivity contribution in [1.82, 2.24) is 10.2 Å². The van der Waals surface area contributed by atoms with Gasteiger partial charge in [-0.3, -0.25) is 0 Å². The van der Waals surface area contributed by atoms with E-state index in [1.54, 1.807) is 19.2 Å². The molecule has 1 aromatic carbocycles. The number of ether oxygens (including phenoxy) is 1. The topological polar surface area (TPSA) is 61.8 Å². The zero-order valence-corrected chi connectivity index (χ0v) is 11.8. The molecule has 5 heteroatoms. The average molecular weight is 278 g/mol. The van der Waals surface area contributed by atoms with Gasteiger partial charge in [0, 0.05) is 26.7 Å². The molecule has 2 amide bonds. The number of nitrogens with one attached hydrogen (secondary N) is 1. The minimum atomic E-state index is -0.0537. The fourth-order valence-corrected chi connectivity index (χ4v) is 2.02. The summed E-state index contributed by atoms with van der Waals surface area (Å²) in [7, 11) is 1.62. The highest BCUT2D eigenvalue weighted by atomic mass is 16.5. The maximum Gasteiger partial charge on any atom is 0.317 e. The first-order valence-corrected chi connectivity index (χ1v) is 6.98. The molecule has 0 aliphatic heterocycles. The summed E-state index contributed by atoms with van der Waals surface area (Å²) in [6, 6.07) is 6.93.